The molecule has 0 heterocycles. The smallest absolute Gasteiger partial charge is 0.146 e. The average molecular weight is 305 g/mol. The van der Waals surface area contributed by atoms with Crippen LogP contribution in [0.5, 0.6) is 0 Å². The zero-order chi connectivity index (χ0) is 12.6. The van der Waals surface area contributed by atoms with Gasteiger partial charge < -0.3 is 5.11 Å². The lowest BCUT2D eigenvalue weighted by molar-refractivity contribution is 0.00978. The predicted molar refractivity (Wildman–Crippen MR) is 65.6 cm³/mol. The fraction of sp³-hybridized carbons (Fsp3) is 0.538. The third-order valence-electron chi connectivity index (χ3n) is 3.49. The Bertz CT molecular complexity index is 428. The van der Waals surface area contributed by atoms with Crippen molar-refractivity contribution in [3.05, 3.63) is 33.8 Å². The van der Waals surface area contributed by atoms with Gasteiger partial charge in [-0.15, -0.1) is 0 Å². The van der Waals surface area contributed by atoms with E-state index in [-0.39, 0.29) is 10.0 Å². The van der Waals surface area contributed by atoms with Gasteiger partial charge in [-0.3, -0.25) is 0 Å². The molecule has 1 saturated carbocycles. The van der Waals surface area contributed by atoms with E-state index in [1.807, 2.05) is 0 Å². The lowest BCUT2D eigenvalue weighted by atomic mass is 9.75. The fourth-order valence-corrected chi connectivity index (χ4v) is 2.71. The summed E-state index contributed by atoms with van der Waals surface area (Å²) in [6.45, 7) is 1.49. The number of hydrogen-bond acceptors (Lipinski definition) is 1. The van der Waals surface area contributed by atoms with Gasteiger partial charge >= 0.3 is 0 Å². The van der Waals surface area contributed by atoms with E-state index in [9.17, 15) is 13.9 Å². The summed E-state index contributed by atoms with van der Waals surface area (Å²) in [7, 11) is 0. The highest BCUT2D eigenvalue weighted by Gasteiger charge is 2.35. The lowest BCUT2D eigenvalue weighted by Crippen LogP contribution is -2.30. The molecule has 1 N–H and O–H groups in total. The summed E-state index contributed by atoms with van der Waals surface area (Å²) in [4.78, 5) is 0. The van der Waals surface area contributed by atoms with E-state index >= 15 is 0 Å². The molecular weight excluding hydrogens is 290 g/mol. The van der Waals surface area contributed by atoms with Crippen molar-refractivity contribution in [1.82, 2.24) is 0 Å². The highest BCUT2D eigenvalue weighted by molar-refractivity contribution is 9.10. The minimum Gasteiger partial charge on any atom is -0.385 e. The van der Waals surface area contributed by atoms with Gasteiger partial charge in [0.15, 0.2) is 0 Å². The van der Waals surface area contributed by atoms with Gasteiger partial charge in [-0.2, -0.15) is 0 Å². The van der Waals surface area contributed by atoms with Crippen LogP contribution in [0.15, 0.2) is 16.6 Å². The molecule has 1 aromatic carbocycles. The maximum Gasteiger partial charge on any atom is 0.146 e. The van der Waals surface area contributed by atoms with Crippen LogP contribution in [0.3, 0.4) is 0 Å². The molecule has 0 amide bonds. The van der Waals surface area contributed by atoms with Gasteiger partial charge in [-0.25, -0.2) is 8.78 Å². The number of aliphatic hydroxyl groups is 1. The number of rotatable bonds is 3. The summed E-state index contributed by atoms with van der Waals surface area (Å²) in [6, 6.07) is 2.49. The van der Waals surface area contributed by atoms with Crippen LogP contribution >= 0.6 is 15.9 Å². The standard InChI is InChI=1S/C13H15BrF2O/c1-13(17,7-8-3-2-4-8)11-10(15)6-5-9(14)12(11)16/h5-6,8,17H,2-4,7H2,1H3. The molecule has 0 aliphatic heterocycles. The molecule has 1 atom stereocenters. The van der Waals surface area contributed by atoms with Crippen LogP contribution < -0.4 is 0 Å². The van der Waals surface area contributed by atoms with Crippen LogP contribution in [0.4, 0.5) is 8.78 Å². The van der Waals surface area contributed by atoms with Crippen LogP contribution in [0.1, 0.15) is 38.2 Å². The second-order valence-corrected chi connectivity index (χ2v) is 5.85. The number of halogens is 3. The second kappa shape index (κ2) is 4.65. The summed E-state index contributed by atoms with van der Waals surface area (Å²) >= 11 is 3.02. The Labute approximate surface area is 108 Å². The largest absolute Gasteiger partial charge is 0.385 e. The molecule has 4 heteroatoms. The molecule has 0 radical (unpaired) electrons. The van der Waals surface area contributed by atoms with E-state index in [0.29, 0.717) is 12.3 Å². The molecule has 1 aliphatic rings. The van der Waals surface area contributed by atoms with E-state index in [2.05, 4.69) is 15.9 Å². The van der Waals surface area contributed by atoms with Gasteiger partial charge in [-0.1, -0.05) is 19.3 Å². The molecule has 1 aromatic rings. The number of hydrogen-bond donors (Lipinski definition) is 1. The first kappa shape index (κ1) is 13.0. The summed E-state index contributed by atoms with van der Waals surface area (Å²) in [6.07, 6.45) is 3.63. The van der Waals surface area contributed by atoms with Gasteiger partial charge in [0, 0.05) is 0 Å². The lowest BCUT2D eigenvalue weighted by Gasteiger charge is -2.34. The molecule has 0 aromatic heterocycles. The normalized spacial score (nSPS) is 19.8. The highest BCUT2D eigenvalue weighted by atomic mass is 79.9. The first-order valence-electron chi connectivity index (χ1n) is 5.78. The summed E-state index contributed by atoms with van der Waals surface area (Å²) < 4.78 is 27.7. The van der Waals surface area contributed by atoms with Crippen LogP contribution in [-0.2, 0) is 5.60 Å². The van der Waals surface area contributed by atoms with Crippen LogP contribution in [0.2, 0.25) is 0 Å². The average Bonchev–Trinajstić information content (AvgIpc) is 2.18. The zero-order valence-electron chi connectivity index (χ0n) is 9.64. The maximum absolute atomic E-state index is 13.9. The molecule has 2 rings (SSSR count). The van der Waals surface area contributed by atoms with Crippen molar-refractivity contribution < 1.29 is 13.9 Å². The van der Waals surface area contributed by atoms with Gasteiger partial charge in [0.25, 0.3) is 0 Å². The highest BCUT2D eigenvalue weighted by Crippen LogP contribution is 2.40. The van der Waals surface area contributed by atoms with Crippen molar-refractivity contribution in [3.8, 4) is 0 Å². The second-order valence-electron chi connectivity index (χ2n) is 4.99. The van der Waals surface area contributed by atoms with E-state index in [4.69, 9.17) is 0 Å². The van der Waals surface area contributed by atoms with Crippen LogP contribution in [0, 0.1) is 17.6 Å². The van der Waals surface area contributed by atoms with Crippen molar-refractivity contribution in [2.24, 2.45) is 5.92 Å². The molecule has 0 bridgehead atoms. The van der Waals surface area contributed by atoms with Gasteiger partial charge in [0.05, 0.1) is 15.6 Å². The maximum atomic E-state index is 13.9. The Morgan fingerprint density at radius 3 is 2.59 bits per heavy atom. The predicted octanol–water partition coefficient (Wildman–Crippen LogP) is 4.13. The fourth-order valence-electron chi connectivity index (χ4n) is 2.38. The molecule has 0 spiro atoms. The monoisotopic (exact) mass is 304 g/mol. The topological polar surface area (TPSA) is 20.2 Å². The minimum absolute atomic E-state index is 0.183. The molecule has 1 aliphatic carbocycles. The molecule has 1 unspecified atom stereocenters. The van der Waals surface area contributed by atoms with Crippen molar-refractivity contribution in [2.45, 2.75) is 38.2 Å². The summed E-state index contributed by atoms with van der Waals surface area (Å²) in [5.41, 5.74) is -1.66. The Balaban J connectivity index is 2.33. The molecule has 1 nitrogen and oxygen atoms in total. The first-order valence-corrected chi connectivity index (χ1v) is 6.57. The van der Waals surface area contributed by atoms with E-state index in [1.54, 1.807) is 0 Å². The van der Waals surface area contributed by atoms with Crippen molar-refractivity contribution >= 4 is 15.9 Å². The first-order chi connectivity index (χ1) is 7.92. The van der Waals surface area contributed by atoms with Gasteiger partial charge in [0.1, 0.15) is 11.6 Å². The summed E-state index contributed by atoms with van der Waals surface area (Å²) in [5, 5.41) is 10.3. The molecule has 0 saturated heterocycles. The Kier molecular flexibility index (Phi) is 3.55. The van der Waals surface area contributed by atoms with Gasteiger partial charge in [-0.05, 0) is 47.3 Å². The quantitative estimate of drug-likeness (QED) is 0.833. The van der Waals surface area contributed by atoms with Crippen LogP contribution in [-0.4, -0.2) is 5.11 Å². The van der Waals surface area contributed by atoms with Crippen molar-refractivity contribution in [1.29, 1.82) is 0 Å². The van der Waals surface area contributed by atoms with E-state index < -0.39 is 17.2 Å². The number of benzene rings is 1. The SMILES string of the molecule is CC(O)(CC1CCC1)c1c(F)ccc(Br)c1F. The molecule has 17 heavy (non-hydrogen) atoms. The van der Waals surface area contributed by atoms with E-state index in [1.165, 1.54) is 19.1 Å². The minimum atomic E-state index is -1.44. The van der Waals surface area contributed by atoms with E-state index in [0.717, 1.165) is 19.3 Å². The third-order valence-corrected chi connectivity index (χ3v) is 4.11. The van der Waals surface area contributed by atoms with Gasteiger partial charge in [0.2, 0.25) is 0 Å². The third kappa shape index (κ3) is 2.52. The molecule has 1 fully saturated rings. The Morgan fingerprint density at radius 2 is 2.06 bits per heavy atom. The zero-order valence-corrected chi connectivity index (χ0v) is 11.2. The Hall–Kier alpha value is -0.480. The van der Waals surface area contributed by atoms with Crippen LogP contribution in [0.25, 0.3) is 0 Å². The Morgan fingerprint density at radius 1 is 1.41 bits per heavy atom. The molecular formula is C13H15BrF2O. The van der Waals surface area contributed by atoms with Crippen molar-refractivity contribution in [2.75, 3.05) is 0 Å². The summed E-state index contributed by atoms with van der Waals surface area (Å²) in [5.74, 6) is -1.01. The van der Waals surface area contributed by atoms with Crippen molar-refractivity contribution in [3.63, 3.8) is 0 Å². The molecule has 94 valence electrons.